The van der Waals surface area contributed by atoms with E-state index in [1.165, 1.54) is 0 Å². The number of ether oxygens (including phenoxy) is 2. The highest BCUT2D eigenvalue weighted by atomic mass is 32.2. The van der Waals surface area contributed by atoms with Crippen molar-refractivity contribution in [2.45, 2.75) is 63.4 Å². The van der Waals surface area contributed by atoms with Gasteiger partial charge < -0.3 is 9.47 Å². The highest BCUT2D eigenvalue weighted by Gasteiger charge is 2.36. The number of ketones is 1. The molecule has 1 saturated heterocycles. The van der Waals surface area contributed by atoms with E-state index >= 15 is 0 Å². The summed E-state index contributed by atoms with van der Waals surface area (Å²) in [6.07, 6.45) is 0.637. The van der Waals surface area contributed by atoms with Crippen LogP contribution in [0, 0.1) is 6.92 Å². The molecule has 0 unspecified atom stereocenters. The van der Waals surface area contributed by atoms with Crippen molar-refractivity contribution in [2.75, 3.05) is 5.75 Å². The molecule has 1 fully saturated rings. The molecular formula is C17H24O4S. The Morgan fingerprint density at radius 2 is 1.82 bits per heavy atom. The SMILES string of the molecule is CC(=O)C[C@H]1C[C@H](C[S@](=O)c2ccc(C)cc2)OC(C)(C)O1. The van der Waals surface area contributed by atoms with Gasteiger partial charge in [0.05, 0.1) is 28.8 Å². The van der Waals surface area contributed by atoms with E-state index in [0.717, 1.165) is 10.5 Å². The van der Waals surface area contributed by atoms with Crippen LogP contribution in [0.5, 0.6) is 0 Å². The molecule has 1 aromatic rings. The number of carbonyl (C=O) groups is 1. The summed E-state index contributed by atoms with van der Waals surface area (Å²) < 4.78 is 24.1. The Kier molecular flexibility index (Phi) is 5.53. The van der Waals surface area contributed by atoms with E-state index in [9.17, 15) is 9.00 Å². The lowest BCUT2D eigenvalue weighted by Gasteiger charge is -2.40. The van der Waals surface area contributed by atoms with Crippen molar-refractivity contribution in [1.82, 2.24) is 0 Å². The van der Waals surface area contributed by atoms with Crippen LogP contribution in [0.1, 0.15) is 39.2 Å². The average molecular weight is 324 g/mol. The number of hydrogen-bond donors (Lipinski definition) is 0. The molecule has 1 aliphatic rings. The first kappa shape index (κ1) is 17.3. The maximum atomic E-state index is 12.5. The molecule has 0 amide bonds. The Morgan fingerprint density at radius 1 is 1.23 bits per heavy atom. The van der Waals surface area contributed by atoms with Crippen LogP contribution in [0.15, 0.2) is 29.2 Å². The lowest BCUT2D eigenvalue weighted by atomic mass is 10.0. The summed E-state index contributed by atoms with van der Waals surface area (Å²) in [5.74, 6) is -0.230. The number of Topliss-reactive ketones (excluding diaryl/α,β-unsaturated/α-hetero) is 1. The van der Waals surface area contributed by atoms with E-state index in [-0.39, 0.29) is 18.0 Å². The summed E-state index contributed by atoms with van der Waals surface area (Å²) in [5.41, 5.74) is 1.14. The second kappa shape index (κ2) is 7.02. The second-order valence-electron chi connectivity index (χ2n) is 6.35. The highest BCUT2D eigenvalue weighted by Crippen LogP contribution is 2.29. The molecule has 4 nitrogen and oxygen atoms in total. The normalized spacial score (nSPS) is 25.6. The molecule has 5 heteroatoms. The Morgan fingerprint density at radius 3 is 2.41 bits per heavy atom. The average Bonchev–Trinajstić information content (AvgIpc) is 2.36. The zero-order chi connectivity index (χ0) is 16.3. The molecule has 2 rings (SSSR count). The predicted octanol–water partition coefficient (Wildman–Crippen LogP) is 2.99. The summed E-state index contributed by atoms with van der Waals surface area (Å²) in [7, 11) is -1.12. The first-order chi connectivity index (χ1) is 10.2. The zero-order valence-corrected chi connectivity index (χ0v) is 14.4. The minimum Gasteiger partial charge on any atom is -0.347 e. The third-order valence-corrected chi connectivity index (χ3v) is 5.04. The molecule has 3 atom stereocenters. The molecule has 0 bridgehead atoms. The molecule has 122 valence electrons. The minimum atomic E-state index is -1.12. The van der Waals surface area contributed by atoms with Gasteiger partial charge in [-0.15, -0.1) is 0 Å². The van der Waals surface area contributed by atoms with Crippen molar-refractivity contribution in [3.05, 3.63) is 29.8 Å². The van der Waals surface area contributed by atoms with Gasteiger partial charge in [-0.3, -0.25) is 9.00 Å². The van der Waals surface area contributed by atoms with Crippen molar-refractivity contribution in [1.29, 1.82) is 0 Å². The van der Waals surface area contributed by atoms with Gasteiger partial charge in [0.1, 0.15) is 5.78 Å². The molecular weight excluding hydrogens is 300 g/mol. The Hall–Kier alpha value is -1.04. The molecule has 0 spiro atoms. The summed E-state index contributed by atoms with van der Waals surface area (Å²) >= 11 is 0. The number of carbonyl (C=O) groups excluding carboxylic acids is 1. The molecule has 0 saturated carbocycles. The fraction of sp³-hybridized carbons (Fsp3) is 0.588. The lowest BCUT2D eigenvalue weighted by Crippen LogP contribution is -2.46. The molecule has 0 N–H and O–H groups in total. The van der Waals surface area contributed by atoms with E-state index in [0.29, 0.717) is 18.6 Å². The number of hydrogen-bond acceptors (Lipinski definition) is 4. The van der Waals surface area contributed by atoms with Gasteiger partial charge in [-0.2, -0.15) is 0 Å². The maximum absolute atomic E-state index is 12.5. The molecule has 22 heavy (non-hydrogen) atoms. The van der Waals surface area contributed by atoms with Gasteiger partial charge in [-0.1, -0.05) is 17.7 Å². The second-order valence-corrected chi connectivity index (χ2v) is 7.84. The quantitative estimate of drug-likeness (QED) is 0.835. The number of benzene rings is 1. The Bertz CT molecular complexity index is 550. The molecule has 1 aliphatic heterocycles. The predicted molar refractivity (Wildman–Crippen MR) is 86.2 cm³/mol. The largest absolute Gasteiger partial charge is 0.347 e. The van der Waals surface area contributed by atoms with Crippen molar-refractivity contribution >= 4 is 16.6 Å². The Labute approximate surface area is 134 Å². The smallest absolute Gasteiger partial charge is 0.163 e. The molecule has 0 aliphatic carbocycles. The van der Waals surface area contributed by atoms with Crippen molar-refractivity contribution in [3.63, 3.8) is 0 Å². The van der Waals surface area contributed by atoms with Gasteiger partial charge in [-0.25, -0.2) is 0 Å². The van der Waals surface area contributed by atoms with E-state index in [4.69, 9.17) is 9.47 Å². The first-order valence-corrected chi connectivity index (χ1v) is 8.87. The van der Waals surface area contributed by atoms with Crippen molar-refractivity contribution in [3.8, 4) is 0 Å². The summed E-state index contributed by atoms with van der Waals surface area (Å²) in [6, 6.07) is 7.70. The van der Waals surface area contributed by atoms with Gasteiger partial charge in [0.25, 0.3) is 0 Å². The van der Waals surface area contributed by atoms with Gasteiger partial charge in [-0.05, 0) is 39.8 Å². The van der Waals surface area contributed by atoms with Gasteiger partial charge in [0.15, 0.2) is 5.79 Å². The van der Waals surface area contributed by atoms with E-state index in [1.807, 2.05) is 45.0 Å². The number of aryl methyl sites for hydroxylation is 1. The van der Waals surface area contributed by atoms with E-state index < -0.39 is 16.6 Å². The minimum absolute atomic E-state index is 0.0982. The van der Waals surface area contributed by atoms with Gasteiger partial charge in [0.2, 0.25) is 0 Å². The summed E-state index contributed by atoms with van der Waals surface area (Å²) in [6.45, 7) is 7.23. The highest BCUT2D eigenvalue weighted by molar-refractivity contribution is 7.85. The Balaban J connectivity index is 2.02. The molecule has 0 radical (unpaired) electrons. The van der Waals surface area contributed by atoms with Crippen LogP contribution in [0.3, 0.4) is 0 Å². The molecule has 0 aromatic heterocycles. The van der Waals surface area contributed by atoms with Crippen molar-refractivity contribution < 1.29 is 18.5 Å². The van der Waals surface area contributed by atoms with Gasteiger partial charge in [0, 0.05) is 17.7 Å². The van der Waals surface area contributed by atoms with Gasteiger partial charge >= 0.3 is 0 Å². The van der Waals surface area contributed by atoms with Crippen LogP contribution in [-0.4, -0.2) is 33.7 Å². The lowest BCUT2D eigenvalue weighted by molar-refractivity contribution is -0.294. The fourth-order valence-electron chi connectivity index (χ4n) is 2.72. The standard InChI is InChI=1S/C17H24O4S/c1-12-5-7-16(8-6-12)22(19)11-15-10-14(9-13(2)18)20-17(3,4)21-15/h5-8,14-15H,9-11H2,1-4H3/t14-,15+,22-/m0/s1. The third-order valence-electron chi connectivity index (χ3n) is 3.56. The topological polar surface area (TPSA) is 52.6 Å². The van der Waals surface area contributed by atoms with Crippen molar-refractivity contribution in [2.24, 2.45) is 0 Å². The first-order valence-electron chi connectivity index (χ1n) is 7.55. The maximum Gasteiger partial charge on any atom is 0.163 e. The van der Waals surface area contributed by atoms with Crippen LogP contribution in [0.25, 0.3) is 0 Å². The van der Waals surface area contributed by atoms with E-state index in [2.05, 4.69) is 0 Å². The van der Waals surface area contributed by atoms with Crippen LogP contribution in [0.4, 0.5) is 0 Å². The van der Waals surface area contributed by atoms with Crippen LogP contribution >= 0.6 is 0 Å². The van der Waals surface area contributed by atoms with Crippen LogP contribution in [0.2, 0.25) is 0 Å². The monoisotopic (exact) mass is 324 g/mol. The summed E-state index contributed by atoms with van der Waals surface area (Å²) in [5, 5.41) is 0. The summed E-state index contributed by atoms with van der Waals surface area (Å²) in [4.78, 5) is 12.1. The van der Waals surface area contributed by atoms with E-state index in [1.54, 1.807) is 6.92 Å². The molecule has 1 heterocycles. The fourth-order valence-corrected chi connectivity index (χ4v) is 3.90. The number of rotatable bonds is 5. The van der Waals surface area contributed by atoms with Crippen LogP contribution < -0.4 is 0 Å². The van der Waals surface area contributed by atoms with Crippen LogP contribution in [-0.2, 0) is 25.1 Å². The molecule has 1 aromatic carbocycles. The zero-order valence-electron chi connectivity index (χ0n) is 13.6. The third kappa shape index (κ3) is 5.00.